The fraction of sp³-hybridized carbons (Fsp3) is 0. The van der Waals surface area contributed by atoms with Gasteiger partial charge in [0.05, 0.1) is 5.02 Å². The summed E-state index contributed by atoms with van der Waals surface area (Å²) in [6, 6.07) is 14.0. The van der Waals surface area contributed by atoms with Gasteiger partial charge < -0.3 is 10.1 Å². The van der Waals surface area contributed by atoms with E-state index >= 15 is 0 Å². The summed E-state index contributed by atoms with van der Waals surface area (Å²) in [6.45, 7) is 0. The van der Waals surface area contributed by atoms with Gasteiger partial charge in [-0.2, -0.15) is 0 Å². The Kier molecular flexibility index (Phi) is 5.40. The van der Waals surface area contributed by atoms with Crippen LogP contribution in [0.3, 0.4) is 0 Å². The van der Waals surface area contributed by atoms with Crippen LogP contribution in [0, 0.1) is 0 Å². The van der Waals surface area contributed by atoms with Crippen molar-refractivity contribution >= 4 is 52.1 Å². The Morgan fingerprint density at radius 2 is 1.83 bits per heavy atom. The Labute approximate surface area is 181 Å². The third kappa shape index (κ3) is 3.99. The van der Waals surface area contributed by atoms with E-state index in [4.69, 9.17) is 28.3 Å². The molecule has 2 N–H and O–H groups in total. The molecule has 5 nitrogen and oxygen atoms in total. The van der Waals surface area contributed by atoms with Gasteiger partial charge in [-0.25, -0.2) is 9.78 Å². The Bertz CT molecular complexity index is 1330. The Balaban J connectivity index is 1.76. The highest BCUT2D eigenvalue weighted by molar-refractivity contribution is 6.38. The molecule has 2 aromatic carbocycles. The van der Waals surface area contributed by atoms with Crippen LogP contribution < -0.4 is 0 Å². The standard InChI is InChI=1S/C23H14Cl2N2O3/c24-16-5-6-17(20(25)10-16)22(30)19-12-27-23-18(19)9-15(11-26-23)14-3-1-2-13(8-14)4-7-21(28)29/h1-12H,(H,26,27)(H,28,29). The number of aliphatic carboxylic acids is 1. The third-order valence-electron chi connectivity index (χ3n) is 4.59. The summed E-state index contributed by atoms with van der Waals surface area (Å²) in [6.07, 6.45) is 5.91. The number of halogens is 2. The highest BCUT2D eigenvalue weighted by Crippen LogP contribution is 2.29. The van der Waals surface area contributed by atoms with E-state index in [1.807, 2.05) is 30.3 Å². The largest absolute Gasteiger partial charge is 0.478 e. The predicted molar refractivity (Wildman–Crippen MR) is 118 cm³/mol. The first-order valence-electron chi connectivity index (χ1n) is 8.91. The molecule has 7 heteroatoms. The van der Waals surface area contributed by atoms with Crippen molar-refractivity contribution in [2.45, 2.75) is 0 Å². The van der Waals surface area contributed by atoms with Crippen LogP contribution >= 0.6 is 23.2 Å². The van der Waals surface area contributed by atoms with Crippen LogP contribution in [0.25, 0.3) is 28.2 Å². The average molecular weight is 437 g/mol. The molecule has 0 fully saturated rings. The fourth-order valence-electron chi connectivity index (χ4n) is 3.16. The third-order valence-corrected chi connectivity index (χ3v) is 5.14. The molecule has 30 heavy (non-hydrogen) atoms. The number of rotatable bonds is 5. The van der Waals surface area contributed by atoms with Crippen LogP contribution in [0.15, 0.2) is 67.0 Å². The molecule has 2 heterocycles. The van der Waals surface area contributed by atoms with Crippen molar-refractivity contribution in [2.75, 3.05) is 0 Å². The molecule has 4 aromatic rings. The van der Waals surface area contributed by atoms with Gasteiger partial charge in [-0.15, -0.1) is 0 Å². The van der Waals surface area contributed by atoms with E-state index in [9.17, 15) is 9.59 Å². The minimum atomic E-state index is -1.01. The minimum absolute atomic E-state index is 0.236. The number of H-pyrrole nitrogens is 1. The number of pyridine rings is 1. The lowest BCUT2D eigenvalue weighted by Crippen LogP contribution is -2.01. The monoisotopic (exact) mass is 436 g/mol. The molecule has 0 aliphatic heterocycles. The topological polar surface area (TPSA) is 83.0 Å². The van der Waals surface area contributed by atoms with Gasteiger partial charge in [-0.05, 0) is 47.5 Å². The van der Waals surface area contributed by atoms with Crippen molar-refractivity contribution in [1.29, 1.82) is 0 Å². The molecule has 0 aliphatic rings. The summed E-state index contributed by atoms with van der Waals surface area (Å²) in [5.41, 5.74) is 3.77. The number of carboxylic acids is 1. The second kappa shape index (κ2) is 8.14. The first kappa shape index (κ1) is 19.9. The van der Waals surface area contributed by atoms with Gasteiger partial charge in [0.15, 0.2) is 5.78 Å². The number of hydrogen-bond acceptors (Lipinski definition) is 3. The summed E-state index contributed by atoms with van der Waals surface area (Å²) < 4.78 is 0. The van der Waals surface area contributed by atoms with Crippen LogP contribution in [0.1, 0.15) is 21.5 Å². The number of carbonyl (C=O) groups is 2. The minimum Gasteiger partial charge on any atom is -0.478 e. The zero-order chi connectivity index (χ0) is 21.3. The van der Waals surface area contributed by atoms with E-state index < -0.39 is 5.97 Å². The van der Waals surface area contributed by atoms with Crippen LogP contribution in [0.2, 0.25) is 10.0 Å². The zero-order valence-corrected chi connectivity index (χ0v) is 16.9. The molecule has 4 rings (SSSR count). The molecular formula is C23H14Cl2N2O3. The van der Waals surface area contributed by atoms with Crippen LogP contribution in [0.4, 0.5) is 0 Å². The van der Waals surface area contributed by atoms with Gasteiger partial charge in [-0.3, -0.25) is 4.79 Å². The fourth-order valence-corrected chi connectivity index (χ4v) is 3.65. The van der Waals surface area contributed by atoms with Crippen molar-refractivity contribution in [2.24, 2.45) is 0 Å². The second-order valence-electron chi connectivity index (χ2n) is 6.57. The quantitative estimate of drug-likeness (QED) is 0.302. The number of ketones is 1. The first-order valence-corrected chi connectivity index (χ1v) is 9.66. The molecule has 0 saturated heterocycles. The molecule has 0 amide bonds. The van der Waals surface area contributed by atoms with Gasteiger partial charge in [0, 0.05) is 45.6 Å². The van der Waals surface area contributed by atoms with Crippen molar-refractivity contribution < 1.29 is 14.7 Å². The Morgan fingerprint density at radius 3 is 2.60 bits per heavy atom. The number of aromatic amines is 1. The zero-order valence-electron chi connectivity index (χ0n) is 15.4. The maximum Gasteiger partial charge on any atom is 0.328 e. The average Bonchev–Trinajstić information content (AvgIpc) is 3.15. The van der Waals surface area contributed by atoms with Crippen molar-refractivity contribution in [1.82, 2.24) is 9.97 Å². The van der Waals surface area contributed by atoms with Crippen molar-refractivity contribution in [3.63, 3.8) is 0 Å². The summed E-state index contributed by atoms with van der Waals surface area (Å²) in [7, 11) is 0. The maximum absolute atomic E-state index is 13.1. The van der Waals surface area contributed by atoms with Crippen LogP contribution in [-0.2, 0) is 4.79 Å². The Hall–Kier alpha value is -3.41. The summed E-state index contributed by atoms with van der Waals surface area (Å²) in [5.74, 6) is -1.25. The normalized spacial score (nSPS) is 11.3. The number of benzene rings is 2. The van der Waals surface area contributed by atoms with E-state index in [0.29, 0.717) is 27.2 Å². The number of aromatic nitrogens is 2. The van der Waals surface area contributed by atoms with E-state index in [0.717, 1.165) is 22.8 Å². The van der Waals surface area contributed by atoms with Gasteiger partial charge >= 0.3 is 5.97 Å². The lowest BCUT2D eigenvalue weighted by Gasteiger charge is -2.05. The van der Waals surface area contributed by atoms with E-state index in [1.54, 1.807) is 24.5 Å². The van der Waals surface area contributed by atoms with E-state index in [1.165, 1.54) is 12.1 Å². The van der Waals surface area contributed by atoms with Crippen LogP contribution in [0.5, 0.6) is 0 Å². The molecule has 0 aliphatic carbocycles. The number of carboxylic acid groups (broad SMARTS) is 1. The lowest BCUT2D eigenvalue weighted by atomic mass is 10.00. The van der Waals surface area contributed by atoms with E-state index in [2.05, 4.69) is 9.97 Å². The molecule has 0 saturated carbocycles. The van der Waals surface area contributed by atoms with Gasteiger partial charge in [0.2, 0.25) is 0 Å². The highest BCUT2D eigenvalue weighted by atomic mass is 35.5. The highest BCUT2D eigenvalue weighted by Gasteiger charge is 2.18. The number of hydrogen-bond donors (Lipinski definition) is 2. The van der Waals surface area contributed by atoms with Gasteiger partial charge in [-0.1, -0.05) is 41.4 Å². The molecule has 148 valence electrons. The smallest absolute Gasteiger partial charge is 0.328 e. The van der Waals surface area contributed by atoms with Gasteiger partial charge in [0.1, 0.15) is 5.65 Å². The second-order valence-corrected chi connectivity index (χ2v) is 7.42. The van der Waals surface area contributed by atoms with Crippen molar-refractivity contribution in [3.05, 3.63) is 93.7 Å². The number of carbonyl (C=O) groups excluding carboxylic acids is 1. The van der Waals surface area contributed by atoms with E-state index in [-0.39, 0.29) is 10.8 Å². The van der Waals surface area contributed by atoms with Gasteiger partial charge in [0.25, 0.3) is 0 Å². The molecular weight excluding hydrogens is 423 g/mol. The molecule has 0 spiro atoms. The molecule has 0 atom stereocenters. The van der Waals surface area contributed by atoms with Crippen LogP contribution in [-0.4, -0.2) is 26.8 Å². The lowest BCUT2D eigenvalue weighted by molar-refractivity contribution is -0.131. The maximum atomic E-state index is 13.1. The Morgan fingerprint density at radius 1 is 1.00 bits per heavy atom. The SMILES string of the molecule is O=C(O)C=Cc1cccc(-c2cnc3[nH]cc(C(=O)c4ccc(Cl)cc4Cl)c3c2)c1. The summed E-state index contributed by atoms with van der Waals surface area (Å²) >= 11 is 12.1. The number of fused-ring (bicyclic) bond motifs is 1. The summed E-state index contributed by atoms with van der Waals surface area (Å²) in [5, 5.41) is 10.2. The molecule has 0 radical (unpaired) electrons. The molecule has 0 unspecified atom stereocenters. The number of nitrogens with zero attached hydrogens (tertiary/aromatic N) is 1. The number of nitrogens with one attached hydrogen (secondary N) is 1. The van der Waals surface area contributed by atoms with Crippen molar-refractivity contribution in [3.8, 4) is 11.1 Å². The summed E-state index contributed by atoms with van der Waals surface area (Å²) in [4.78, 5) is 31.3. The predicted octanol–water partition coefficient (Wildman–Crippen LogP) is 5.87. The molecule has 0 bridgehead atoms. The first-order chi connectivity index (χ1) is 14.4. The molecule has 2 aromatic heterocycles.